The maximum atomic E-state index is 5.80. The number of nitrogens with two attached hydrogens (primary N) is 1. The maximum absolute atomic E-state index is 5.80. The summed E-state index contributed by atoms with van der Waals surface area (Å²) < 4.78 is 0. The number of para-hydroxylation sites is 1. The van der Waals surface area contributed by atoms with Crippen molar-refractivity contribution in [2.45, 2.75) is 13.0 Å². The topological polar surface area (TPSA) is 50.9 Å². The Hall–Kier alpha value is -1.33. The van der Waals surface area contributed by atoms with Gasteiger partial charge < -0.3 is 11.1 Å². The van der Waals surface area contributed by atoms with E-state index in [1.54, 1.807) is 11.8 Å². The van der Waals surface area contributed by atoms with E-state index in [1.807, 2.05) is 30.3 Å². The molecule has 2 aromatic rings. The third-order valence-electron chi connectivity index (χ3n) is 2.79. The van der Waals surface area contributed by atoms with Crippen LogP contribution < -0.4 is 11.1 Å². The zero-order valence-electron chi connectivity index (χ0n) is 11.0. The summed E-state index contributed by atoms with van der Waals surface area (Å²) in [5.41, 5.74) is 7.55. The van der Waals surface area contributed by atoms with Gasteiger partial charge in [0.1, 0.15) is 10.8 Å². The van der Waals surface area contributed by atoms with E-state index in [9.17, 15) is 0 Å². The van der Waals surface area contributed by atoms with Crippen LogP contribution in [0, 0.1) is 0 Å². The number of fused-ring (bicyclic) bond motifs is 1. The Labute approximate surface area is 123 Å². The first-order valence-electron chi connectivity index (χ1n) is 6.07. The molecule has 5 heteroatoms. The summed E-state index contributed by atoms with van der Waals surface area (Å²) in [4.78, 5) is 5.00. The van der Waals surface area contributed by atoms with Crippen molar-refractivity contribution >= 4 is 45.7 Å². The van der Waals surface area contributed by atoms with Crippen LogP contribution in [0.5, 0.6) is 0 Å². The van der Waals surface area contributed by atoms with Crippen LogP contribution in [-0.2, 0) is 0 Å². The Balaban J connectivity index is 2.44. The van der Waals surface area contributed by atoms with E-state index < -0.39 is 0 Å². The Bertz CT molecular complexity index is 598. The van der Waals surface area contributed by atoms with Gasteiger partial charge >= 0.3 is 0 Å². The van der Waals surface area contributed by atoms with Crippen molar-refractivity contribution in [3.05, 3.63) is 35.9 Å². The minimum absolute atomic E-state index is 0.316. The minimum Gasteiger partial charge on any atom is -0.389 e. The van der Waals surface area contributed by atoms with Gasteiger partial charge in [0, 0.05) is 17.2 Å². The number of thiocarbonyl (C=S) groups is 1. The number of thioether (sulfide) groups is 1. The van der Waals surface area contributed by atoms with Crippen LogP contribution in [0.1, 0.15) is 12.5 Å². The van der Waals surface area contributed by atoms with Gasteiger partial charge in [0.05, 0.1) is 11.1 Å². The van der Waals surface area contributed by atoms with E-state index in [0.717, 1.165) is 28.0 Å². The highest BCUT2D eigenvalue weighted by Gasteiger charge is 2.11. The highest BCUT2D eigenvalue weighted by Crippen LogP contribution is 2.21. The first-order chi connectivity index (χ1) is 9.11. The number of pyridine rings is 1. The number of nitrogens with zero attached hydrogens (tertiary/aromatic N) is 1. The molecule has 2 rings (SSSR count). The lowest BCUT2D eigenvalue weighted by molar-refractivity contribution is 0.905. The number of rotatable bonds is 5. The third-order valence-corrected chi connectivity index (χ3v) is 3.84. The van der Waals surface area contributed by atoms with Crippen molar-refractivity contribution in [3.8, 4) is 0 Å². The van der Waals surface area contributed by atoms with Gasteiger partial charge in [-0.25, -0.2) is 4.98 Å². The molecule has 1 unspecified atom stereocenters. The predicted octanol–water partition coefficient (Wildman–Crippen LogP) is 3.03. The van der Waals surface area contributed by atoms with Crippen LogP contribution in [0.25, 0.3) is 10.9 Å². The van der Waals surface area contributed by atoms with Crippen LogP contribution in [0.15, 0.2) is 30.3 Å². The average molecular weight is 291 g/mol. The number of aromatic nitrogens is 1. The molecule has 3 nitrogen and oxygen atoms in total. The minimum atomic E-state index is 0.316. The maximum Gasteiger partial charge on any atom is 0.137 e. The molecule has 3 N–H and O–H groups in total. The van der Waals surface area contributed by atoms with E-state index in [-0.39, 0.29) is 0 Å². The largest absolute Gasteiger partial charge is 0.389 e. The predicted molar refractivity (Wildman–Crippen MR) is 89.1 cm³/mol. The molecule has 0 saturated heterocycles. The van der Waals surface area contributed by atoms with Crippen molar-refractivity contribution in [2.75, 3.05) is 17.3 Å². The first-order valence-corrected chi connectivity index (χ1v) is 7.87. The van der Waals surface area contributed by atoms with Crippen LogP contribution in [-0.4, -0.2) is 28.0 Å². The molecule has 100 valence electrons. The van der Waals surface area contributed by atoms with Crippen LogP contribution >= 0.6 is 24.0 Å². The second kappa shape index (κ2) is 6.21. The molecule has 0 amide bonds. The fourth-order valence-electron chi connectivity index (χ4n) is 1.94. The molecule has 0 aliphatic rings. The van der Waals surface area contributed by atoms with Gasteiger partial charge in [-0.05, 0) is 25.3 Å². The SMILES string of the molecule is CSCC(C)Nc1nc2ccccc2cc1C(N)=S. The molecule has 0 aliphatic heterocycles. The second-order valence-corrected chi connectivity index (χ2v) is 5.79. The lowest BCUT2D eigenvalue weighted by Crippen LogP contribution is -2.22. The molecule has 1 aromatic carbocycles. The standard InChI is InChI=1S/C14H17N3S2/c1-9(8-19-2)16-14-11(13(15)18)7-10-5-3-4-6-12(10)17-14/h3-7,9H,8H2,1-2H3,(H2,15,18)(H,16,17). The number of nitrogens with one attached hydrogen (secondary N) is 1. The molecule has 1 atom stereocenters. The normalized spacial score (nSPS) is 12.3. The second-order valence-electron chi connectivity index (χ2n) is 4.44. The van der Waals surface area contributed by atoms with E-state index in [1.165, 1.54) is 0 Å². The smallest absolute Gasteiger partial charge is 0.137 e. The molecule has 0 spiro atoms. The molecule has 0 fully saturated rings. The van der Waals surface area contributed by atoms with Gasteiger partial charge in [0.2, 0.25) is 0 Å². The van der Waals surface area contributed by atoms with Crippen molar-refractivity contribution in [2.24, 2.45) is 5.73 Å². The lowest BCUT2D eigenvalue weighted by Gasteiger charge is -2.16. The van der Waals surface area contributed by atoms with Crippen molar-refractivity contribution in [1.29, 1.82) is 0 Å². The van der Waals surface area contributed by atoms with Gasteiger partial charge in [-0.2, -0.15) is 11.8 Å². The summed E-state index contributed by atoms with van der Waals surface area (Å²) in [6, 6.07) is 10.3. The summed E-state index contributed by atoms with van der Waals surface area (Å²) >= 11 is 6.92. The van der Waals surface area contributed by atoms with Gasteiger partial charge in [-0.1, -0.05) is 30.4 Å². The van der Waals surface area contributed by atoms with E-state index >= 15 is 0 Å². The van der Waals surface area contributed by atoms with Gasteiger partial charge in [-0.3, -0.25) is 0 Å². The number of hydrogen-bond acceptors (Lipinski definition) is 4. The van der Waals surface area contributed by atoms with Gasteiger partial charge in [-0.15, -0.1) is 0 Å². The van der Waals surface area contributed by atoms with E-state index in [0.29, 0.717) is 11.0 Å². The number of benzene rings is 1. The number of anilines is 1. The average Bonchev–Trinajstić information content (AvgIpc) is 2.38. The summed E-state index contributed by atoms with van der Waals surface area (Å²) in [5.74, 6) is 1.78. The van der Waals surface area contributed by atoms with Crippen molar-refractivity contribution < 1.29 is 0 Å². The summed E-state index contributed by atoms with van der Waals surface area (Å²) in [7, 11) is 0. The van der Waals surface area contributed by atoms with Crippen LogP contribution in [0.3, 0.4) is 0 Å². The third kappa shape index (κ3) is 3.36. The molecule has 0 aliphatic carbocycles. The van der Waals surface area contributed by atoms with Crippen LogP contribution in [0.2, 0.25) is 0 Å². The molecule has 0 radical (unpaired) electrons. The highest BCUT2D eigenvalue weighted by molar-refractivity contribution is 7.98. The summed E-state index contributed by atoms with van der Waals surface area (Å²) in [6.07, 6.45) is 2.08. The van der Waals surface area contributed by atoms with Crippen molar-refractivity contribution in [3.63, 3.8) is 0 Å². The summed E-state index contributed by atoms with van der Waals surface area (Å²) in [6.45, 7) is 2.12. The molecule has 0 saturated carbocycles. The summed E-state index contributed by atoms with van der Waals surface area (Å²) in [5, 5.41) is 4.43. The fraction of sp³-hybridized carbons (Fsp3) is 0.286. The Morgan fingerprint density at radius 3 is 2.89 bits per heavy atom. The number of hydrogen-bond donors (Lipinski definition) is 2. The molecular weight excluding hydrogens is 274 g/mol. The first kappa shape index (κ1) is 14.1. The fourth-order valence-corrected chi connectivity index (χ4v) is 2.68. The highest BCUT2D eigenvalue weighted by atomic mass is 32.2. The van der Waals surface area contributed by atoms with Gasteiger partial charge in [0.15, 0.2) is 0 Å². The Kier molecular flexibility index (Phi) is 4.61. The quantitative estimate of drug-likeness (QED) is 0.829. The Morgan fingerprint density at radius 1 is 1.47 bits per heavy atom. The van der Waals surface area contributed by atoms with Gasteiger partial charge in [0.25, 0.3) is 0 Å². The zero-order chi connectivity index (χ0) is 13.8. The monoisotopic (exact) mass is 291 g/mol. The molecule has 19 heavy (non-hydrogen) atoms. The molecule has 0 bridgehead atoms. The van der Waals surface area contributed by atoms with Crippen molar-refractivity contribution in [1.82, 2.24) is 4.98 Å². The zero-order valence-corrected chi connectivity index (χ0v) is 12.6. The van der Waals surface area contributed by atoms with Crippen LogP contribution in [0.4, 0.5) is 5.82 Å². The molecule has 1 aromatic heterocycles. The lowest BCUT2D eigenvalue weighted by atomic mass is 10.1. The van der Waals surface area contributed by atoms with E-state index in [2.05, 4.69) is 23.5 Å². The molecule has 1 heterocycles. The molecular formula is C14H17N3S2. The Morgan fingerprint density at radius 2 is 2.21 bits per heavy atom. The van der Waals surface area contributed by atoms with E-state index in [4.69, 9.17) is 18.0 Å².